The van der Waals surface area contributed by atoms with Crippen LogP contribution in [0.2, 0.25) is 0 Å². The van der Waals surface area contributed by atoms with Gasteiger partial charge in [0.05, 0.1) is 5.69 Å². The first-order chi connectivity index (χ1) is 15.3. The lowest BCUT2D eigenvalue weighted by Gasteiger charge is -2.09. The Morgan fingerprint density at radius 3 is 2.32 bits per heavy atom. The molecule has 1 aliphatic carbocycles. The highest BCUT2D eigenvalue weighted by molar-refractivity contribution is 5.95. The number of hydrogen-bond donors (Lipinski definition) is 2. The largest absolute Gasteiger partial charge is 0.349 e. The molecule has 1 saturated carbocycles. The van der Waals surface area contributed by atoms with Gasteiger partial charge in [-0.2, -0.15) is 0 Å². The summed E-state index contributed by atoms with van der Waals surface area (Å²) in [5.74, 6) is 0.978. The predicted molar refractivity (Wildman–Crippen MR) is 122 cm³/mol. The topological polar surface area (TPSA) is 66.9 Å². The molecule has 0 saturated heterocycles. The number of benzene rings is 3. The summed E-state index contributed by atoms with van der Waals surface area (Å²) in [6, 6.07) is 31.7. The summed E-state index contributed by atoms with van der Waals surface area (Å²) >= 11 is 0. The van der Waals surface area contributed by atoms with Crippen LogP contribution >= 0.6 is 0 Å². The summed E-state index contributed by atoms with van der Waals surface area (Å²) in [4.78, 5) is 12.7. The molecule has 1 amide bonds. The summed E-state index contributed by atoms with van der Waals surface area (Å²) in [5.41, 5.74) is 4.54. The van der Waals surface area contributed by atoms with Crippen LogP contribution in [0.5, 0.6) is 0 Å². The van der Waals surface area contributed by atoms with Crippen molar-refractivity contribution < 1.29 is 4.79 Å². The van der Waals surface area contributed by atoms with Crippen LogP contribution in [0.1, 0.15) is 28.3 Å². The van der Waals surface area contributed by atoms with Gasteiger partial charge < -0.3 is 10.6 Å². The zero-order chi connectivity index (χ0) is 21.0. The summed E-state index contributed by atoms with van der Waals surface area (Å²) in [6.45, 7) is 0. The Labute approximate surface area is 181 Å². The first kappa shape index (κ1) is 19.0. The van der Waals surface area contributed by atoms with E-state index in [0.29, 0.717) is 17.3 Å². The number of carbonyl (C=O) groups is 1. The quantitative estimate of drug-likeness (QED) is 0.463. The zero-order valence-corrected chi connectivity index (χ0v) is 16.9. The van der Waals surface area contributed by atoms with E-state index in [1.807, 2.05) is 84.9 Å². The van der Waals surface area contributed by atoms with Gasteiger partial charge in [-0.05, 0) is 42.3 Å². The summed E-state index contributed by atoms with van der Waals surface area (Å²) in [7, 11) is 0. The second-order valence-electron chi connectivity index (χ2n) is 7.71. The maximum Gasteiger partial charge on any atom is 0.251 e. The molecule has 5 heteroatoms. The van der Waals surface area contributed by atoms with Crippen LogP contribution in [0, 0.1) is 0 Å². The third-order valence-electron chi connectivity index (χ3n) is 5.47. The molecule has 2 atom stereocenters. The fraction of sp³-hybridized carbons (Fsp3) is 0.115. The van der Waals surface area contributed by atoms with Crippen molar-refractivity contribution in [3.63, 3.8) is 0 Å². The molecule has 5 rings (SSSR count). The van der Waals surface area contributed by atoms with E-state index in [9.17, 15) is 4.79 Å². The average molecular weight is 406 g/mol. The van der Waals surface area contributed by atoms with E-state index in [-0.39, 0.29) is 11.9 Å². The first-order valence-electron chi connectivity index (χ1n) is 10.4. The molecule has 1 aliphatic rings. The molecule has 0 radical (unpaired) electrons. The fourth-order valence-electron chi connectivity index (χ4n) is 3.72. The van der Waals surface area contributed by atoms with Gasteiger partial charge >= 0.3 is 0 Å². The molecule has 4 aromatic rings. The highest BCUT2D eigenvalue weighted by Gasteiger charge is 2.39. The second-order valence-corrected chi connectivity index (χ2v) is 7.71. The molecule has 152 valence electrons. The Morgan fingerprint density at radius 1 is 0.806 bits per heavy atom. The Hall–Kier alpha value is -3.99. The first-order valence-corrected chi connectivity index (χ1v) is 10.4. The van der Waals surface area contributed by atoms with Crippen LogP contribution in [0.15, 0.2) is 97.1 Å². The van der Waals surface area contributed by atoms with Crippen molar-refractivity contribution >= 4 is 17.4 Å². The van der Waals surface area contributed by atoms with E-state index in [2.05, 4.69) is 33.0 Å². The van der Waals surface area contributed by atoms with Crippen LogP contribution in [0.4, 0.5) is 11.5 Å². The van der Waals surface area contributed by atoms with Crippen LogP contribution < -0.4 is 10.6 Å². The number of anilines is 2. The summed E-state index contributed by atoms with van der Waals surface area (Å²) in [6.07, 6.45) is 0.983. The molecular weight excluding hydrogens is 384 g/mol. The number of amides is 1. The summed E-state index contributed by atoms with van der Waals surface area (Å²) in [5, 5.41) is 14.9. The third-order valence-corrected chi connectivity index (χ3v) is 5.47. The van der Waals surface area contributed by atoms with Gasteiger partial charge in [0.1, 0.15) is 0 Å². The lowest BCUT2D eigenvalue weighted by Crippen LogP contribution is -2.26. The van der Waals surface area contributed by atoms with Crippen molar-refractivity contribution in [3.8, 4) is 11.3 Å². The Morgan fingerprint density at radius 2 is 1.58 bits per heavy atom. The van der Waals surface area contributed by atoms with E-state index in [0.717, 1.165) is 23.4 Å². The number of carbonyl (C=O) groups excluding carboxylic acids is 1. The van der Waals surface area contributed by atoms with E-state index >= 15 is 0 Å². The van der Waals surface area contributed by atoms with Gasteiger partial charge in [-0.1, -0.05) is 66.7 Å². The van der Waals surface area contributed by atoms with Gasteiger partial charge in [0.2, 0.25) is 0 Å². The van der Waals surface area contributed by atoms with Crippen LogP contribution in [0.3, 0.4) is 0 Å². The molecule has 1 heterocycles. The Bertz CT molecular complexity index is 1180. The van der Waals surface area contributed by atoms with Gasteiger partial charge in [-0.3, -0.25) is 4.79 Å². The average Bonchev–Trinajstić information content (AvgIpc) is 3.60. The molecular formula is C26H22N4O. The molecule has 0 unspecified atom stereocenters. The number of aromatic nitrogens is 2. The maximum atomic E-state index is 12.7. The molecule has 3 aromatic carbocycles. The minimum atomic E-state index is -0.0578. The molecule has 31 heavy (non-hydrogen) atoms. The minimum Gasteiger partial charge on any atom is -0.349 e. The molecule has 1 aromatic heterocycles. The van der Waals surface area contributed by atoms with Crippen molar-refractivity contribution in [2.45, 2.75) is 18.4 Å². The van der Waals surface area contributed by atoms with Crippen LogP contribution in [-0.2, 0) is 0 Å². The third kappa shape index (κ3) is 4.46. The number of nitrogens with one attached hydrogen (secondary N) is 2. The molecule has 1 fully saturated rings. The Balaban J connectivity index is 1.23. The monoisotopic (exact) mass is 406 g/mol. The van der Waals surface area contributed by atoms with Crippen LogP contribution in [-0.4, -0.2) is 22.1 Å². The lowest BCUT2D eigenvalue weighted by molar-refractivity contribution is 0.0950. The minimum absolute atomic E-state index is 0.0578. The number of nitrogens with zero attached hydrogens (tertiary/aromatic N) is 2. The summed E-state index contributed by atoms with van der Waals surface area (Å²) < 4.78 is 0. The van der Waals surface area contributed by atoms with Crippen molar-refractivity contribution in [1.29, 1.82) is 0 Å². The van der Waals surface area contributed by atoms with Gasteiger partial charge in [0.25, 0.3) is 5.91 Å². The standard InChI is InChI=1S/C26H22N4O/c31-26(28-24-17-22(24)18-8-3-1-4-9-18)20-12-7-13-21(16-20)27-25-15-14-23(29-30-25)19-10-5-2-6-11-19/h1-16,22,24H,17H2,(H,27,30)(H,28,31)/t22-,24+/m0/s1. The molecule has 5 nitrogen and oxygen atoms in total. The van der Waals surface area contributed by atoms with E-state index in [1.54, 1.807) is 0 Å². The van der Waals surface area contributed by atoms with Gasteiger partial charge in [0.15, 0.2) is 5.82 Å². The SMILES string of the molecule is O=C(N[C@@H]1C[C@H]1c1ccccc1)c1cccc(Nc2ccc(-c3ccccc3)nn2)c1. The van der Waals surface area contributed by atoms with Crippen molar-refractivity contribution in [1.82, 2.24) is 15.5 Å². The molecule has 0 bridgehead atoms. The van der Waals surface area contributed by atoms with Gasteiger partial charge in [0, 0.05) is 28.8 Å². The number of rotatable bonds is 6. The van der Waals surface area contributed by atoms with Crippen molar-refractivity contribution in [2.75, 3.05) is 5.32 Å². The predicted octanol–water partition coefficient (Wildman–Crippen LogP) is 5.17. The zero-order valence-electron chi connectivity index (χ0n) is 16.9. The molecule has 2 N–H and O–H groups in total. The second kappa shape index (κ2) is 8.40. The van der Waals surface area contributed by atoms with Crippen molar-refractivity contribution in [3.05, 3.63) is 108 Å². The van der Waals surface area contributed by atoms with Crippen molar-refractivity contribution in [2.24, 2.45) is 0 Å². The highest BCUT2D eigenvalue weighted by Crippen LogP contribution is 2.40. The highest BCUT2D eigenvalue weighted by atomic mass is 16.1. The van der Waals surface area contributed by atoms with E-state index in [1.165, 1.54) is 5.56 Å². The van der Waals surface area contributed by atoms with Gasteiger partial charge in [-0.25, -0.2) is 0 Å². The fourth-order valence-corrected chi connectivity index (χ4v) is 3.72. The molecule has 0 aliphatic heterocycles. The Kier molecular flexibility index (Phi) is 5.15. The van der Waals surface area contributed by atoms with E-state index < -0.39 is 0 Å². The number of hydrogen-bond acceptors (Lipinski definition) is 4. The van der Waals surface area contributed by atoms with Crippen LogP contribution in [0.25, 0.3) is 11.3 Å². The van der Waals surface area contributed by atoms with Gasteiger partial charge in [-0.15, -0.1) is 10.2 Å². The smallest absolute Gasteiger partial charge is 0.251 e. The molecule has 0 spiro atoms. The normalized spacial score (nSPS) is 17.0. The maximum absolute atomic E-state index is 12.7. The lowest BCUT2D eigenvalue weighted by atomic mass is 10.1. The van der Waals surface area contributed by atoms with E-state index in [4.69, 9.17) is 0 Å².